The highest BCUT2D eigenvalue weighted by Crippen LogP contribution is 2.19. The molecule has 0 saturated carbocycles. The van der Waals surface area contributed by atoms with Gasteiger partial charge >= 0.3 is 0 Å². The van der Waals surface area contributed by atoms with Crippen molar-refractivity contribution in [3.63, 3.8) is 0 Å². The molecule has 4 heteroatoms. The Hall–Kier alpha value is -1.68. The Labute approximate surface area is 119 Å². The highest BCUT2D eigenvalue weighted by atomic mass is 16.2. The third-order valence-electron chi connectivity index (χ3n) is 4.26. The first-order chi connectivity index (χ1) is 9.74. The molecule has 1 amide bonds. The zero-order valence-corrected chi connectivity index (χ0v) is 11.5. The molecule has 0 spiro atoms. The molecule has 3 atom stereocenters. The molecular weight excluding hydrogens is 252 g/mol. The van der Waals surface area contributed by atoms with Gasteiger partial charge in [-0.05, 0) is 31.4 Å². The summed E-state index contributed by atoms with van der Waals surface area (Å²) < 4.78 is 0. The predicted octanol–water partition coefficient (Wildman–Crippen LogP) is 1.15. The molecule has 106 valence electrons. The van der Waals surface area contributed by atoms with Gasteiger partial charge in [-0.3, -0.25) is 14.5 Å². The van der Waals surface area contributed by atoms with Crippen molar-refractivity contribution in [2.45, 2.75) is 37.8 Å². The van der Waals surface area contributed by atoms with Crippen LogP contribution in [0.2, 0.25) is 0 Å². The smallest absolute Gasteiger partial charge is 0.238 e. The molecule has 2 fully saturated rings. The van der Waals surface area contributed by atoms with Crippen LogP contribution >= 0.6 is 0 Å². The van der Waals surface area contributed by atoms with Gasteiger partial charge in [0.05, 0.1) is 6.04 Å². The number of hydrogen-bond donors (Lipinski definition) is 1. The monoisotopic (exact) mass is 272 g/mol. The van der Waals surface area contributed by atoms with Gasteiger partial charge in [-0.15, -0.1) is 0 Å². The number of benzene rings is 1. The van der Waals surface area contributed by atoms with E-state index < -0.39 is 0 Å². The summed E-state index contributed by atoms with van der Waals surface area (Å²) in [6.45, 7) is 1.58. The van der Waals surface area contributed by atoms with Crippen molar-refractivity contribution in [3.05, 3.63) is 35.9 Å². The van der Waals surface area contributed by atoms with E-state index in [1.54, 1.807) is 0 Å². The second-order valence-electron chi connectivity index (χ2n) is 5.69. The van der Waals surface area contributed by atoms with Gasteiger partial charge in [0.25, 0.3) is 0 Å². The number of carbonyl (C=O) groups is 2. The van der Waals surface area contributed by atoms with Crippen molar-refractivity contribution in [3.8, 4) is 0 Å². The maximum absolute atomic E-state index is 12.3. The summed E-state index contributed by atoms with van der Waals surface area (Å²) in [6.07, 6.45) is 3.24. The maximum atomic E-state index is 12.3. The quantitative estimate of drug-likeness (QED) is 0.878. The van der Waals surface area contributed by atoms with E-state index in [-0.39, 0.29) is 23.8 Å². The lowest BCUT2D eigenvalue weighted by Crippen LogP contribution is -2.63. The fourth-order valence-corrected chi connectivity index (χ4v) is 3.12. The lowest BCUT2D eigenvalue weighted by molar-refractivity contribution is -0.137. The highest BCUT2D eigenvalue weighted by molar-refractivity contribution is 5.92. The summed E-state index contributed by atoms with van der Waals surface area (Å²) in [7, 11) is 0. The Bertz CT molecular complexity index is 500. The highest BCUT2D eigenvalue weighted by Gasteiger charge is 2.37. The number of fused-ring (bicyclic) bond motifs is 2. The van der Waals surface area contributed by atoms with Crippen LogP contribution in [0, 0.1) is 0 Å². The van der Waals surface area contributed by atoms with E-state index >= 15 is 0 Å². The summed E-state index contributed by atoms with van der Waals surface area (Å²) in [5, 5.41) is 2.91. The number of nitrogens with one attached hydrogen (secondary N) is 1. The summed E-state index contributed by atoms with van der Waals surface area (Å²) in [5.74, 6) is 0.182. The first kappa shape index (κ1) is 13.3. The molecule has 1 aromatic carbocycles. The Morgan fingerprint density at radius 2 is 1.95 bits per heavy atom. The number of ketones is 1. The largest absolute Gasteiger partial charge is 0.344 e. The van der Waals surface area contributed by atoms with Crippen molar-refractivity contribution >= 4 is 11.7 Å². The zero-order chi connectivity index (χ0) is 13.9. The molecule has 20 heavy (non-hydrogen) atoms. The molecule has 2 heterocycles. The van der Waals surface area contributed by atoms with Gasteiger partial charge in [0, 0.05) is 13.0 Å². The van der Waals surface area contributed by atoms with E-state index in [4.69, 9.17) is 0 Å². The Kier molecular flexibility index (Phi) is 3.83. The van der Waals surface area contributed by atoms with Crippen LogP contribution in [0.15, 0.2) is 30.3 Å². The molecule has 1 unspecified atom stereocenters. The minimum Gasteiger partial charge on any atom is -0.344 e. The van der Waals surface area contributed by atoms with E-state index in [0.29, 0.717) is 19.4 Å². The van der Waals surface area contributed by atoms with Crippen molar-refractivity contribution in [2.75, 3.05) is 13.1 Å². The molecule has 2 aliphatic rings. The summed E-state index contributed by atoms with van der Waals surface area (Å²) in [6, 6.07) is 9.64. The number of Topliss-reactive ketones (excluding diaryl/α,β-unsaturated/α-hetero) is 1. The minimum absolute atomic E-state index is 0.000327. The van der Waals surface area contributed by atoms with E-state index in [1.807, 2.05) is 18.2 Å². The Balaban J connectivity index is 1.77. The Morgan fingerprint density at radius 3 is 2.75 bits per heavy atom. The van der Waals surface area contributed by atoms with Gasteiger partial charge in [-0.25, -0.2) is 0 Å². The van der Waals surface area contributed by atoms with E-state index in [9.17, 15) is 9.59 Å². The molecular formula is C16H20N2O2. The van der Waals surface area contributed by atoms with Crippen LogP contribution in [0.1, 0.15) is 24.8 Å². The van der Waals surface area contributed by atoms with E-state index in [1.165, 1.54) is 5.56 Å². The molecule has 4 nitrogen and oxygen atoms in total. The number of hydrogen-bond acceptors (Lipinski definition) is 3. The van der Waals surface area contributed by atoms with Gasteiger partial charge in [0.2, 0.25) is 5.91 Å². The second-order valence-corrected chi connectivity index (χ2v) is 5.69. The van der Waals surface area contributed by atoms with Crippen LogP contribution < -0.4 is 5.32 Å². The van der Waals surface area contributed by atoms with Crippen molar-refractivity contribution < 1.29 is 9.59 Å². The summed E-state index contributed by atoms with van der Waals surface area (Å²) in [5.41, 5.74) is 1.17. The summed E-state index contributed by atoms with van der Waals surface area (Å²) in [4.78, 5) is 26.5. The fourth-order valence-electron chi connectivity index (χ4n) is 3.12. The molecule has 2 bridgehead atoms. The van der Waals surface area contributed by atoms with Crippen LogP contribution in [0.25, 0.3) is 0 Å². The first-order valence-corrected chi connectivity index (χ1v) is 7.35. The van der Waals surface area contributed by atoms with Gasteiger partial charge in [0.15, 0.2) is 5.78 Å². The predicted molar refractivity (Wildman–Crippen MR) is 76.3 cm³/mol. The van der Waals surface area contributed by atoms with Gasteiger partial charge < -0.3 is 5.32 Å². The molecule has 0 aliphatic carbocycles. The number of rotatable bonds is 2. The topological polar surface area (TPSA) is 49.4 Å². The van der Waals surface area contributed by atoms with E-state index in [0.717, 1.165) is 19.4 Å². The molecule has 2 saturated heterocycles. The van der Waals surface area contributed by atoms with Crippen LogP contribution in [-0.2, 0) is 16.0 Å². The van der Waals surface area contributed by atoms with Gasteiger partial charge in [-0.1, -0.05) is 30.3 Å². The molecule has 2 aliphatic heterocycles. The maximum Gasteiger partial charge on any atom is 0.238 e. The van der Waals surface area contributed by atoms with Crippen LogP contribution in [0.5, 0.6) is 0 Å². The SMILES string of the molecule is O=C1N[C@@H]2CN(CCCCC2=O)[C@@H]1Cc1ccccc1. The van der Waals surface area contributed by atoms with Crippen LogP contribution in [0.4, 0.5) is 0 Å². The molecule has 3 rings (SSSR count). The number of carbonyl (C=O) groups excluding carboxylic acids is 2. The number of amides is 1. The number of nitrogens with zero attached hydrogens (tertiary/aromatic N) is 1. The normalized spacial score (nSPS) is 30.3. The van der Waals surface area contributed by atoms with Crippen molar-refractivity contribution in [1.82, 2.24) is 10.2 Å². The van der Waals surface area contributed by atoms with Crippen molar-refractivity contribution in [2.24, 2.45) is 0 Å². The summed E-state index contributed by atoms with van der Waals surface area (Å²) >= 11 is 0. The molecule has 1 N–H and O–H groups in total. The average Bonchev–Trinajstić information content (AvgIpc) is 2.45. The standard InChI is InChI=1S/C16H20N2O2/c19-15-8-4-5-9-18-11-13(15)17-16(20)14(18)10-12-6-2-1-3-7-12/h1-3,6-7,13-14H,4-5,8-11H2,(H,17,20)/t13-,14-/m1/s1. The number of piperazine rings is 1. The molecule has 0 radical (unpaired) electrons. The zero-order valence-electron chi connectivity index (χ0n) is 11.5. The van der Waals surface area contributed by atoms with Crippen LogP contribution in [-0.4, -0.2) is 41.8 Å². The second kappa shape index (κ2) is 5.75. The molecule has 0 aromatic heterocycles. The molecule has 1 aromatic rings. The van der Waals surface area contributed by atoms with Gasteiger partial charge in [0.1, 0.15) is 6.04 Å². The third-order valence-corrected chi connectivity index (χ3v) is 4.26. The van der Waals surface area contributed by atoms with Crippen LogP contribution in [0.3, 0.4) is 0 Å². The Morgan fingerprint density at radius 1 is 1.15 bits per heavy atom. The van der Waals surface area contributed by atoms with E-state index in [2.05, 4.69) is 22.3 Å². The minimum atomic E-state index is -0.296. The first-order valence-electron chi connectivity index (χ1n) is 7.35. The lowest BCUT2D eigenvalue weighted by Gasteiger charge is -2.40. The van der Waals surface area contributed by atoms with Gasteiger partial charge in [-0.2, -0.15) is 0 Å². The lowest BCUT2D eigenvalue weighted by atomic mass is 9.95. The third kappa shape index (κ3) is 2.75. The average molecular weight is 272 g/mol. The fraction of sp³-hybridized carbons (Fsp3) is 0.500. The van der Waals surface area contributed by atoms with Crippen molar-refractivity contribution in [1.29, 1.82) is 0 Å².